The largest absolute Gasteiger partial charge is 0.490 e. The van der Waals surface area contributed by atoms with E-state index in [1.807, 2.05) is 26.0 Å². The minimum absolute atomic E-state index is 0.576. The van der Waals surface area contributed by atoms with Crippen molar-refractivity contribution in [3.63, 3.8) is 0 Å². The molecule has 1 aliphatic heterocycles. The molecular weight excluding hydrogens is 300 g/mol. The van der Waals surface area contributed by atoms with Crippen LogP contribution in [0.1, 0.15) is 32.3 Å². The predicted molar refractivity (Wildman–Crippen MR) is 91.1 cm³/mol. The van der Waals surface area contributed by atoms with Crippen LogP contribution in [-0.2, 0) is 6.54 Å². The molecular formula is C17H27ClN2O2. The number of hydrogen-bond acceptors (Lipinski definition) is 4. The molecule has 0 amide bonds. The second kappa shape index (κ2) is 9.23. The highest BCUT2D eigenvalue weighted by molar-refractivity contribution is 6.32. The topological polar surface area (TPSA) is 42.5 Å². The van der Waals surface area contributed by atoms with Crippen LogP contribution in [0.5, 0.6) is 11.5 Å². The van der Waals surface area contributed by atoms with Crippen molar-refractivity contribution in [2.75, 3.05) is 32.8 Å². The van der Waals surface area contributed by atoms with Crippen molar-refractivity contribution in [2.45, 2.75) is 33.2 Å². The van der Waals surface area contributed by atoms with Crippen molar-refractivity contribution in [3.8, 4) is 11.5 Å². The van der Waals surface area contributed by atoms with E-state index in [1.165, 1.54) is 12.8 Å². The molecule has 5 heteroatoms. The van der Waals surface area contributed by atoms with Gasteiger partial charge in [-0.1, -0.05) is 11.6 Å². The van der Waals surface area contributed by atoms with Gasteiger partial charge in [0, 0.05) is 6.54 Å². The van der Waals surface area contributed by atoms with Crippen molar-refractivity contribution in [3.05, 3.63) is 22.7 Å². The fourth-order valence-corrected chi connectivity index (χ4v) is 3.07. The Hall–Kier alpha value is -0.970. The summed E-state index contributed by atoms with van der Waals surface area (Å²) in [5.41, 5.74) is 1.13. The first kappa shape index (κ1) is 17.4. The highest BCUT2D eigenvalue weighted by Crippen LogP contribution is 2.36. The second-order valence-corrected chi connectivity index (χ2v) is 6.00. The maximum absolute atomic E-state index is 6.34. The number of rotatable bonds is 8. The van der Waals surface area contributed by atoms with E-state index >= 15 is 0 Å². The zero-order valence-corrected chi connectivity index (χ0v) is 14.3. The third-order valence-electron chi connectivity index (χ3n) is 3.88. The standard InChI is InChI=1S/C17H27ClN2O2/c1-3-21-16-10-14(9-15(18)17(16)22-4-2)12-20-11-13-5-7-19-8-6-13/h9-10,13,19-20H,3-8,11-12H2,1-2H3. The number of ether oxygens (including phenoxy) is 2. The lowest BCUT2D eigenvalue weighted by molar-refractivity contribution is 0.287. The monoisotopic (exact) mass is 326 g/mol. The van der Waals surface area contributed by atoms with Crippen LogP contribution in [0.15, 0.2) is 12.1 Å². The molecule has 2 rings (SSSR count). The van der Waals surface area contributed by atoms with Gasteiger partial charge in [0.25, 0.3) is 0 Å². The Morgan fingerprint density at radius 3 is 2.59 bits per heavy atom. The van der Waals surface area contributed by atoms with Crippen LogP contribution in [0, 0.1) is 5.92 Å². The summed E-state index contributed by atoms with van der Waals surface area (Å²) in [5.74, 6) is 2.15. The lowest BCUT2D eigenvalue weighted by Gasteiger charge is -2.23. The Kier molecular flexibility index (Phi) is 7.30. The van der Waals surface area contributed by atoms with Crippen LogP contribution in [0.25, 0.3) is 0 Å². The number of benzene rings is 1. The van der Waals surface area contributed by atoms with Gasteiger partial charge in [-0.05, 0) is 69.9 Å². The summed E-state index contributed by atoms with van der Waals surface area (Å²) in [6, 6.07) is 3.99. The number of halogens is 1. The molecule has 1 saturated heterocycles. The average Bonchev–Trinajstić information content (AvgIpc) is 2.52. The van der Waals surface area contributed by atoms with Crippen LogP contribution in [0.2, 0.25) is 5.02 Å². The van der Waals surface area contributed by atoms with E-state index in [2.05, 4.69) is 10.6 Å². The molecule has 0 saturated carbocycles. The normalized spacial score (nSPS) is 15.8. The molecule has 1 aliphatic rings. The van der Waals surface area contributed by atoms with Gasteiger partial charge in [-0.25, -0.2) is 0 Å². The van der Waals surface area contributed by atoms with Crippen molar-refractivity contribution < 1.29 is 9.47 Å². The molecule has 0 aromatic heterocycles. The number of hydrogen-bond donors (Lipinski definition) is 2. The third kappa shape index (κ3) is 5.04. The molecule has 1 fully saturated rings. The van der Waals surface area contributed by atoms with Gasteiger partial charge < -0.3 is 20.1 Å². The van der Waals surface area contributed by atoms with Crippen LogP contribution >= 0.6 is 11.6 Å². The van der Waals surface area contributed by atoms with Gasteiger partial charge in [0.15, 0.2) is 11.5 Å². The van der Waals surface area contributed by atoms with Gasteiger partial charge in [-0.2, -0.15) is 0 Å². The molecule has 0 aliphatic carbocycles. The molecule has 0 bridgehead atoms. The first-order valence-corrected chi connectivity index (χ1v) is 8.61. The Bertz CT molecular complexity index is 462. The molecule has 1 aromatic rings. The van der Waals surface area contributed by atoms with Crippen LogP contribution < -0.4 is 20.1 Å². The van der Waals surface area contributed by atoms with Gasteiger partial charge in [0.05, 0.1) is 18.2 Å². The molecule has 0 atom stereocenters. The Labute approximate surface area is 138 Å². The van der Waals surface area contributed by atoms with Crippen LogP contribution in [-0.4, -0.2) is 32.8 Å². The van der Waals surface area contributed by atoms with E-state index in [9.17, 15) is 0 Å². The first-order chi connectivity index (χ1) is 10.7. The summed E-state index contributed by atoms with van der Waals surface area (Å²) in [4.78, 5) is 0. The lowest BCUT2D eigenvalue weighted by atomic mass is 9.98. The Balaban J connectivity index is 1.94. The van der Waals surface area contributed by atoms with E-state index in [4.69, 9.17) is 21.1 Å². The van der Waals surface area contributed by atoms with E-state index in [0.29, 0.717) is 24.0 Å². The Morgan fingerprint density at radius 1 is 1.18 bits per heavy atom. The highest BCUT2D eigenvalue weighted by atomic mass is 35.5. The van der Waals surface area contributed by atoms with Crippen molar-refractivity contribution in [2.24, 2.45) is 5.92 Å². The number of nitrogens with one attached hydrogen (secondary N) is 2. The maximum atomic E-state index is 6.34. The maximum Gasteiger partial charge on any atom is 0.179 e. The van der Waals surface area contributed by atoms with E-state index < -0.39 is 0 Å². The van der Waals surface area contributed by atoms with E-state index in [0.717, 1.165) is 43.4 Å². The molecule has 22 heavy (non-hydrogen) atoms. The van der Waals surface area contributed by atoms with E-state index in [-0.39, 0.29) is 0 Å². The fourth-order valence-electron chi connectivity index (χ4n) is 2.78. The molecule has 1 heterocycles. The average molecular weight is 327 g/mol. The van der Waals surface area contributed by atoms with E-state index in [1.54, 1.807) is 0 Å². The molecule has 0 unspecified atom stereocenters. The third-order valence-corrected chi connectivity index (χ3v) is 4.16. The smallest absolute Gasteiger partial charge is 0.179 e. The van der Waals surface area contributed by atoms with Gasteiger partial charge in [-0.15, -0.1) is 0 Å². The van der Waals surface area contributed by atoms with Gasteiger partial charge in [-0.3, -0.25) is 0 Å². The quantitative estimate of drug-likeness (QED) is 0.769. The summed E-state index contributed by atoms with van der Waals surface area (Å²) in [5, 5.41) is 7.55. The highest BCUT2D eigenvalue weighted by Gasteiger charge is 2.14. The minimum atomic E-state index is 0.576. The molecule has 0 spiro atoms. The van der Waals surface area contributed by atoms with Crippen molar-refractivity contribution in [1.29, 1.82) is 0 Å². The Morgan fingerprint density at radius 2 is 1.91 bits per heavy atom. The van der Waals surface area contributed by atoms with Crippen LogP contribution in [0.3, 0.4) is 0 Å². The SMILES string of the molecule is CCOc1cc(CNCC2CCNCC2)cc(Cl)c1OCC. The van der Waals surface area contributed by atoms with Crippen LogP contribution in [0.4, 0.5) is 0 Å². The molecule has 0 radical (unpaired) electrons. The zero-order valence-electron chi connectivity index (χ0n) is 13.6. The van der Waals surface area contributed by atoms with Crippen molar-refractivity contribution in [1.82, 2.24) is 10.6 Å². The molecule has 2 N–H and O–H groups in total. The summed E-state index contributed by atoms with van der Waals surface area (Å²) in [6.07, 6.45) is 2.50. The van der Waals surface area contributed by atoms with Crippen molar-refractivity contribution >= 4 is 11.6 Å². The number of piperidine rings is 1. The molecule has 4 nitrogen and oxygen atoms in total. The van der Waals surface area contributed by atoms with Gasteiger partial charge in [0.1, 0.15) is 0 Å². The summed E-state index contributed by atoms with van der Waals surface area (Å²) in [6.45, 7) is 9.21. The fraction of sp³-hybridized carbons (Fsp3) is 0.647. The van der Waals surface area contributed by atoms with Gasteiger partial charge >= 0.3 is 0 Å². The summed E-state index contributed by atoms with van der Waals surface area (Å²) >= 11 is 6.34. The second-order valence-electron chi connectivity index (χ2n) is 5.60. The molecule has 124 valence electrons. The van der Waals surface area contributed by atoms with Gasteiger partial charge in [0.2, 0.25) is 0 Å². The molecule has 1 aromatic carbocycles. The predicted octanol–water partition coefficient (Wildman–Crippen LogP) is 3.23. The summed E-state index contributed by atoms with van der Waals surface area (Å²) < 4.78 is 11.3. The zero-order chi connectivity index (χ0) is 15.8. The minimum Gasteiger partial charge on any atom is -0.490 e. The summed E-state index contributed by atoms with van der Waals surface area (Å²) in [7, 11) is 0. The lowest BCUT2D eigenvalue weighted by Crippen LogP contribution is -2.33. The first-order valence-electron chi connectivity index (χ1n) is 8.24.